The molecule has 0 bridgehead atoms. The number of nitrogens with zero attached hydrogens (tertiary/aromatic N) is 1. The monoisotopic (exact) mass is 276 g/mol. The zero-order valence-corrected chi connectivity index (χ0v) is 10.4. The van der Waals surface area contributed by atoms with Crippen molar-refractivity contribution in [3.05, 3.63) is 9.98 Å². The highest BCUT2D eigenvalue weighted by molar-refractivity contribution is 9.10. The minimum Gasteiger partial charge on any atom is -0.379 e. The zero-order chi connectivity index (χ0) is 9.97. The number of thiazole rings is 1. The topological polar surface area (TPSA) is 34.1 Å². The van der Waals surface area contributed by atoms with Crippen LogP contribution in [0.1, 0.15) is 19.3 Å². The van der Waals surface area contributed by atoms with Crippen LogP contribution in [0.2, 0.25) is 0 Å². The maximum Gasteiger partial charge on any atom is 0.184 e. The molecule has 1 aliphatic rings. The van der Waals surface area contributed by atoms with Gasteiger partial charge in [-0.25, -0.2) is 4.98 Å². The van der Waals surface area contributed by atoms with Crippen molar-refractivity contribution < 1.29 is 4.74 Å². The molecule has 14 heavy (non-hydrogen) atoms. The molecule has 2 atom stereocenters. The Balaban J connectivity index is 1.96. The summed E-state index contributed by atoms with van der Waals surface area (Å²) in [6.07, 6.45) is 3.91. The maximum atomic E-state index is 5.41. The van der Waals surface area contributed by atoms with E-state index in [2.05, 4.69) is 26.2 Å². The number of hydrogen-bond donors (Lipinski definition) is 1. The van der Waals surface area contributed by atoms with Gasteiger partial charge in [-0.2, -0.15) is 0 Å². The second-order valence-electron chi connectivity index (χ2n) is 3.43. The third-order valence-corrected chi connectivity index (χ3v) is 4.02. The van der Waals surface area contributed by atoms with E-state index in [0.717, 1.165) is 16.2 Å². The molecule has 1 aromatic rings. The van der Waals surface area contributed by atoms with E-state index in [4.69, 9.17) is 4.74 Å². The summed E-state index contributed by atoms with van der Waals surface area (Å²) in [5.74, 6) is 0. The van der Waals surface area contributed by atoms with Gasteiger partial charge in [-0.1, -0.05) is 0 Å². The minimum absolute atomic E-state index is 0.345. The fourth-order valence-electron chi connectivity index (χ4n) is 1.85. The lowest BCUT2D eigenvalue weighted by atomic mass is 10.2. The molecule has 1 aromatic heterocycles. The molecule has 3 nitrogen and oxygen atoms in total. The molecule has 1 heterocycles. The summed E-state index contributed by atoms with van der Waals surface area (Å²) in [5.41, 5.74) is 0. The van der Waals surface area contributed by atoms with Gasteiger partial charge >= 0.3 is 0 Å². The van der Waals surface area contributed by atoms with Crippen LogP contribution in [-0.4, -0.2) is 24.2 Å². The number of aromatic nitrogens is 1. The fraction of sp³-hybridized carbons (Fsp3) is 0.667. The highest BCUT2D eigenvalue weighted by atomic mass is 79.9. The SMILES string of the molecule is COC1CCCC1Nc1nc(Br)cs1. The van der Waals surface area contributed by atoms with E-state index >= 15 is 0 Å². The van der Waals surface area contributed by atoms with Crippen LogP contribution in [-0.2, 0) is 4.74 Å². The smallest absolute Gasteiger partial charge is 0.184 e. The molecule has 2 unspecified atom stereocenters. The highest BCUT2D eigenvalue weighted by Crippen LogP contribution is 2.27. The van der Waals surface area contributed by atoms with Crippen LogP contribution in [0.5, 0.6) is 0 Å². The van der Waals surface area contributed by atoms with Gasteiger partial charge in [0.15, 0.2) is 5.13 Å². The van der Waals surface area contributed by atoms with Gasteiger partial charge in [0, 0.05) is 12.5 Å². The van der Waals surface area contributed by atoms with Crippen LogP contribution in [0, 0.1) is 0 Å². The third kappa shape index (κ3) is 2.27. The summed E-state index contributed by atoms with van der Waals surface area (Å²) >= 11 is 4.97. The van der Waals surface area contributed by atoms with Gasteiger partial charge in [-0.05, 0) is 35.2 Å². The Bertz CT molecular complexity index is 305. The average Bonchev–Trinajstić information content (AvgIpc) is 2.76. The Kier molecular flexibility index (Phi) is 3.41. The summed E-state index contributed by atoms with van der Waals surface area (Å²) in [7, 11) is 1.78. The zero-order valence-electron chi connectivity index (χ0n) is 8.00. The van der Waals surface area contributed by atoms with Crippen molar-refractivity contribution >= 4 is 32.4 Å². The molecule has 0 saturated heterocycles. The summed E-state index contributed by atoms with van der Waals surface area (Å²) in [4.78, 5) is 4.31. The molecule has 1 fully saturated rings. The van der Waals surface area contributed by atoms with E-state index in [1.807, 2.05) is 5.38 Å². The number of hydrogen-bond acceptors (Lipinski definition) is 4. The van der Waals surface area contributed by atoms with Crippen molar-refractivity contribution in [2.24, 2.45) is 0 Å². The second kappa shape index (κ2) is 4.59. The molecule has 0 spiro atoms. The Hall–Kier alpha value is -0.130. The summed E-state index contributed by atoms with van der Waals surface area (Å²) in [6.45, 7) is 0. The first-order valence-electron chi connectivity index (χ1n) is 4.70. The first-order valence-corrected chi connectivity index (χ1v) is 6.37. The molecule has 2 rings (SSSR count). The van der Waals surface area contributed by atoms with Gasteiger partial charge in [0.2, 0.25) is 0 Å². The van der Waals surface area contributed by atoms with Crippen molar-refractivity contribution in [2.45, 2.75) is 31.4 Å². The van der Waals surface area contributed by atoms with Crippen molar-refractivity contribution in [2.75, 3.05) is 12.4 Å². The molecular formula is C9H13BrN2OS. The Labute approximate surface area is 96.0 Å². The number of rotatable bonds is 3. The van der Waals surface area contributed by atoms with E-state index in [-0.39, 0.29) is 0 Å². The van der Waals surface area contributed by atoms with Gasteiger partial charge in [0.05, 0.1) is 12.1 Å². The normalized spacial score (nSPS) is 26.7. The molecule has 0 amide bonds. The van der Waals surface area contributed by atoms with Crippen LogP contribution in [0.3, 0.4) is 0 Å². The van der Waals surface area contributed by atoms with E-state index < -0.39 is 0 Å². The third-order valence-electron chi connectivity index (χ3n) is 2.54. The highest BCUT2D eigenvalue weighted by Gasteiger charge is 2.27. The number of methoxy groups -OCH3 is 1. The lowest BCUT2D eigenvalue weighted by Gasteiger charge is -2.18. The lowest BCUT2D eigenvalue weighted by molar-refractivity contribution is 0.101. The van der Waals surface area contributed by atoms with Gasteiger partial charge in [0.25, 0.3) is 0 Å². The van der Waals surface area contributed by atoms with Crippen molar-refractivity contribution in [1.82, 2.24) is 4.98 Å². The predicted molar refractivity (Wildman–Crippen MR) is 61.9 cm³/mol. The van der Waals surface area contributed by atoms with E-state index in [9.17, 15) is 0 Å². The standard InChI is InChI=1S/C9H13BrN2OS/c1-13-7-4-2-3-6(7)11-9-12-8(10)5-14-9/h5-7H,2-4H2,1H3,(H,11,12). The molecule has 1 N–H and O–H groups in total. The fourth-order valence-corrected chi connectivity index (χ4v) is 3.06. The van der Waals surface area contributed by atoms with Crippen LogP contribution < -0.4 is 5.32 Å². The molecule has 0 radical (unpaired) electrons. The first-order chi connectivity index (χ1) is 6.79. The van der Waals surface area contributed by atoms with E-state index in [1.165, 1.54) is 12.8 Å². The first kappa shape index (κ1) is 10.4. The minimum atomic E-state index is 0.345. The second-order valence-corrected chi connectivity index (χ2v) is 5.10. The Morgan fingerprint density at radius 2 is 2.50 bits per heavy atom. The van der Waals surface area contributed by atoms with Crippen LogP contribution in [0.4, 0.5) is 5.13 Å². The summed E-state index contributed by atoms with van der Waals surface area (Å²) in [6, 6.07) is 0.429. The van der Waals surface area contributed by atoms with Gasteiger partial charge < -0.3 is 10.1 Å². The molecule has 78 valence electrons. The molecular weight excluding hydrogens is 264 g/mol. The van der Waals surface area contributed by atoms with Crippen molar-refractivity contribution in [3.63, 3.8) is 0 Å². The van der Waals surface area contributed by atoms with Crippen molar-refractivity contribution in [1.29, 1.82) is 0 Å². The van der Waals surface area contributed by atoms with Gasteiger partial charge in [0.1, 0.15) is 4.60 Å². The quantitative estimate of drug-likeness (QED) is 0.922. The summed E-state index contributed by atoms with van der Waals surface area (Å²) < 4.78 is 6.31. The van der Waals surface area contributed by atoms with E-state index in [1.54, 1.807) is 18.4 Å². The average molecular weight is 277 g/mol. The van der Waals surface area contributed by atoms with E-state index in [0.29, 0.717) is 12.1 Å². The van der Waals surface area contributed by atoms with Crippen LogP contribution >= 0.6 is 27.3 Å². The molecule has 0 aliphatic heterocycles. The summed E-state index contributed by atoms with van der Waals surface area (Å²) in [5, 5.41) is 6.38. The van der Waals surface area contributed by atoms with Crippen molar-refractivity contribution in [3.8, 4) is 0 Å². The van der Waals surface area contributed by atoms with Gasteiger partial charge in [-0.15, -0.1) is 11.3 Å². The van der Waals surface area contributed by atoms with Crippen LogP contribution in [0.25, 0.3) is 0 Å². The number of ether oxygens (including phenoxy) is 1. The Morgan fingerprint density at radius 1 is 1.64 bits per heavy atom. The number of halogens is 1. The number of nitrogens with one attached hydrogen (secondary N) is 1. The Morgan fingerprint density at radius 3 is 3.14 bits per heavy atom. The predicted octanol–water partition coefficient (Wildman–Crippen LogP) is 2.89. The van der Waals surface area contributed by atoms with Gasteiger partial charge in [-0.3, -0.25) is 0 Å². The number of anilines is 1. The molecule has 5 heteroatoms. The van der Waals surface area contributed by atoms with Crippen LogP contribution in [0.15, 0.2) is 9.98 Å². The lowest BCUT2D eigenvalue weighted by Crippen LogP contribution is -2.29. The largest absolute Gasteiger partial charge is 0.379 e. The molecule has 0 aromatic carbocycles. The molecule has 1 saturated carbocycles. The maximum absolute atomic E-state index is 5.41. The molecule has 1 aliphatic carbocycles.